The van der Waals surface area contributed by atoms with Crippen molar-refractivity contribution >= 4 is 21.4 Å². The lowest BCUT2D eigenvalue weighted by molar-refractivity contribution is 0.630. The number of halogens is 1. The molecule has 96 valence electrons. The Morgan fingerprint density at radius 2 is 2.11 bits per heavy atom. The zero-order valence-corrected chi connectivity index (χ0v) is 11.2. The second-order valence-corrected chi connectivity index (χ2v) is 5.66. The van der Waals surface area contributed by atoms with Gasteiger partial charge in [-0.3, -0.25) is 4.98 Å². The summed E-state index contributed by atoms with van der Waals surface area (Å²) in [6, 6.07) is 8.50. The average Bonchev–Trinajstić information content (AvgIpc) is 2.81. The fourth-order valence-electron chi connectivity index (χ4n) is 2.14. The lowest BCUT2D eigenvalue weighted by atomic mass is 10.0. The third-order valence-corrected chi connectivity index (χ3v) is 4.42. The molecule has 1 atom stereocenters. The van der Waals surface area contributed by atoms with Crippen molar-refractivity contribution in [3.63, 3.8) is 0 Å². The molecule has 0 bridgehead atoms. The fraction of sp³-hybridized carbons (Fsp3) is 0.133. The number of hydrogen-bond acceptors (Lipinski definition) is 3. The molecule has 1 aromatic carbocycles. The standard InChI is InChI=1S/C15H13FN2S/c1-9-4-5-18-8-12(9)15(17)14-7-10-6-11(16)2-3-13(10)19-14/h2-8,15H,17H2,1H3. The van der Waals surface area contributed by atoms with Gasteiger partial charge in [0, 0.05) is 22.0 Å². The van der Waals surface area contributed by atoms with Gasteiger partial charge in [0.25, 0.3) is 0 Å². The summed E-state index contributed by atoms with van der Waals surface area (Å²) in [4.78, 5) is 5.15. The number of benzene rings is 1. The predicted octanol–water partition coefficient (Wildman–Crippen LogP) is 3.79. The fourth-order valence-corrected chi connectivity index (χ4v) is 3.21. The first-order valence-corrected chi connectivity index (χ1v) is 6.82. The molecule has 3 rings (SSSR count). The largest absolute Gasteiger partial charge is 0.320 e. The van der Waals surface area contributed by atoms with Crippen LogP contribution in [0.4, 0.5) is 4.39 Å². The molecule has 2 nitrogen and oxygen atoms in total. The maximum atomic E-state index is 13.2. The molecule has 0 aliphatic heterocycles. The normalized spacial score (nSPS) is 12.8. The molecule has 0 amide bonds. The van der Waals surface area contributed by atoms with E-state index in [1.807, 2.05) is 19.1 Å². The van der Waals surface area contributed by atoms with Crippen LogP contribution < -0.4 is 5.73 Å². The third-order valence-electron chi connectivity index (χ3n) is 3.22. The molecule has 3 aromatic rings. The number of thiophene rings is 1. The van der Waals surface area contributed by atoms with Crippen molar-refractivity contribution in [3.05, 3.63) is 64.5 Å². The van der Waals surface area contributed by atoms with Crippen LogP contribution in [0.25, 0.3) is 10.1 Å². The summed E-state index contributed by atoms with van der Waals surface area (Å²) >= 11 is 1.60. The van der Waals surface area contributed by atoms with Crippen molar-refractivity contribution in [2.24, 2.45) is 5.73 Å². The minimum Gasteiger partial charge on any atom is -0.320 e. The first-order valence-electron chi connectivity index (χ1n) is 6.00. The highest BCUT2D eigenvalue weighted by atomic mass is 32.1. The van der Waals surface area contributed by atoms with Crippen LogP contribution in [-0.2, 0) is 0 Å². The SMILES string of the molecule is Cc1ccncc1C(N)c1cc2cc(F)ccc2s1. The van der Waals surface area contributed by atoms with Gasteiger partial charge in [0.05, 0.1) is 6.04 Å². The Hall–Kier alpha value is -1.78. The van der Waals surface area contributed by atoms with E-state index in [1.54, 1.807) is 29.8 Å². The molecule has 0 radical (unpaired) electrons. The first kappa shape index (κ1) is 12.3. The van der Waals surface area contributed by atoms with Crippen molar-refractivity contribution in [3.8, 4) is 0 Å². The molecule has 2 aromatic heterocycles. The van der Waals surface area contributed by atoms with Crippen molar-refractivity contribution in [1.29, 1.82) is 0 Å². The Bertz CT molecular complexity index is 736. The molecule has 0 spiro atoms. The van der Waals surface area contributed by atoms with Crippen LogP contribution in [0.3, 0.4) is 0 Å². The van der Waals surface area contributed by atoms with Gasteiger partial charge in [0.1, 0.15) is 5.82 Å². The monoisotopic (exact) mass is 272 g/mol. The number of nitrogens with zero attached hydrogens (tertiary/aromatic N) is 1. The van der Waals surface area contributed by atoms with Crippen molar-refractivity contribution in [2.45, 2.75) is 13.0 Å². The number of aromatic nitrogens is 1. The third kappa shape index (κ3) is 2.25. The van der Waals surface area contributed by atoms with Gasteiger partial charge in [-0.15, -0.1) is 11.3 Å². The molecule has 1 unspecified atom stereocenters. The molecular weight excluding hydrogens is 259 g/mol. The molecule has 0 saturated carbocycles. The van der Waals surface area contributed by atoms with Crippen molar-refractivity contribution in [1.82, 2.24) is 4.98 Å². The Morgan fingerprint density at radius 1 is 1.26 bits per heavy atom. The maximum absolute atomic E-state index is 13.2. The van der Waals surface area contributed by atoms with Crippen LogP contribution in [0, 0.1) is 12.7 Å². The highest BCUT2D eigenvalue weighted by molar-refractivity contribution is 7.19. The van der Waals surface area contributed by atoms with Gasteiger partial charge in [0.2, 0.25) is 0 Å². The van der Waals surface area contributed by atoms with Gasteiger partial charge < -0.3 is 5.73 Å². The molecule has 19 heavy (non-hydrogen) atoms. The number of hydrogen-bond donors (Lipinski definition) is 1. The van der Waals surface area contributed by atoms with E-state index >= 15 is 0 Å². The van der Waals surface area contributed by atoms with E-state index in [0.717, 1.165) is 26.1 Å². The lowest BCUT2D eigenvalue weighted by Gasteiger charge is -2.11. The summed E-state index contributed by atoms with van der Waals surface area (Å²) in [5.74, 6) is -0.219. The van der Waals surface area contributed by atoms with Gasteiger partial charge in [0.15, 0.2) is 0 Å². The van der Waals surface area contributed by atoms with Crippen LogP contribution in [0.15, 0.2) is 42.7 Å². The summed E-state index contributed by atoms with van der Waals surface area (Å²) in [5, 5.41) is 0.900. The average molecular weight is 272 g/mol. The van der Waals surface area contributed by atoms with E-state index in [2.05, 4.69) is 4.98 Å². The molecule has 0 aliphatic carbocycles. The van der Waals surface area contributed by atoms with Gasteiger partial charge >= 0.3 is 0 Å². The van der Waals surface area contributed by atoms with Crippen LogP contribution in [0.2, 0.25) is 0 Å². The summed E-state index contributed by atoms with van der Waals surface area (Å²) < 4.78 is 14.2. The van der Waals surface area contributed by atoms with Gasteiger partial charge in [-0.1, -0.05) is 0 Å². The quantitative estimate of drug-likeness (QED) is 0.770. The topological polar surface area (TPSA) is 38.9 Å². The zero-order chi connectivity index (χ0) is 13.4. The van der Waals surface area contributed by atoms with E-state index in [1.165, 1.54) is 12.1 Å². The van der Waals surface area contributed by atoms with Crippen molar-refractivity contribution in [2.75, 3.05) is 0 Å². The number of aryl methyl sites for hydroxylation is 1. The molecular formula is C15H13FN2S. The highest BCUT2D eigenvalue weighted by Gasteiger charge is 2.14. The van der Waals surface area contributed by atoms with E-state index in [-0.39, 0.29) is 11.9 Å². The summed E-state index contributed by atoms with van der Waals surface area (Å²) in [5.41, 5.74) is 8.42. The first-order chi connectivity index (χ1) is 9.15. The number of nitrogens with two attached hydrogens (primary N) is 1. The number of rotatable bonds is 2. The molecule has 0 aliphatic rings. The second-order valence-electron chi connectivity index (χ2n) is 4.54. The minimum atomic E-state index is -0.219. The van der Waals surface area contributed by atoms with E-state index in [0.29, 0.717) is 0 Å². The molecule has 2 heterocycles. The zero-order valence-electron chi connectivity index (χ0n) is 10.4. The van der Waals surface area contributed by atoms with Crippen LogP contribution in [0.1, 0.15) is 22.0 Å². The van der Waals surface area contributed by atoms with Crippen LogP contribution in [0.5, 0.6) is 0 Å². The molecule has 4 heteroatoms. The number of fused-ring (bicyclic) bond motifs is 1. The Balaban J connectivity index is 2.07. The molecule has 0 saturated heterocycles. The number of pyridine rings is 1. The second kappa shape index (κ2) is 4.72. The predicted molar refractivity (Wildman–Crippen MR) is 76.8 cm³/mol. The summed E-state index contributed by atoms with van der Waals surface area (Å²) in [6.07, 6.45) is 3.55. The Labute approximate surface area is 114 Å². The van der Waals surface area contributed by atoms with Gasteiger partial charge in [-0.25, -0.2) is 4.39 Å². The minimum absolute atomic E-state index is 0.214. The van der Waals surface area contributed by atoms with Gasteiger partial charge in [-0.2, -0.15) is 0 Å². The Morgan fingerprint density at radius 3 is 2.89 bits per heavy atom. The lowest BCUT2D eigenvalue weighted by Crippen LogP contribution is -2.11. The van der Waals surface area contributed by atoms with Crippen LogP contribution in [-0.4, -0.2) is 4.98 Å². The van der Waals surface area contributed by atoms with Gasteiger partial charge in [-0.05, 0) is 53.8 Å². The smallest absolute Gasteiger partial charge is 0.123 e. The highest BCUT2D eigenvalue weighted by Crippen LogP contribution is 2.32. The molecule has 0 fully saturated rings. The van der Waals surface area contributed by atoms with Crippen LogP contribution >= 0.6 is 11.3 Å². The Kier molecular flexibility index (Phi) is 3.05. The van der Waals surface area contributed by atoms with E-state index in [9.17, 15) is 4.39 Å². The summed E-state index contributed by atoms with van der Waals surface area (Å²) in [6.45, 7) is 2.02. The van der Waals surface area contributed by atoms with E-state index < -0.39 is 0 Å². The van der Waals surface area contributed by atoms with E-state index in [4.69, 9.17) is 5.73 Å². The molecule has 2 N–H and O–H groups in total. The maximum Gasteiger partial charge on any atom is 0.123 e. The summed E-state index contributed by atoms with van der Waals surface area (Å²) in [7, 11) is 0. The van der Waals surface area contributed by atoms with Crippen molar-refractivity contribution < 1.29 is 4.39 Å².